The fourth-order valence-electron chi connectivity index (χ4n) is 2.81. The van der Waals surface area contributed by atoms with Crippen LogP contribution < -0.4 is 15.2 Å². The second-order valence-corrected chi connectivity index (χ2v) is 7.03. The van der Waals surface area contributed by atoms with Crippen molar-refractivity contribution in [3.8, 4) is 5.75 Å². The Bertz CT molecular complexity index is 872. The van der Waals surface area contributed by atoms with Crippen LogP contribution in [-0.4, -0.2) is 18.4 Å². The van der Waals surface area contributed by atoms with Gasteiger partial charge in [0.05, 0.1) is 12.3 Å². The zero-order valence-electron chi connectivity index (χ0n) is 15.9. The van der Waals surface area contributed by atoms with Crippen molar-refractivity contribution in [2.24, 2.45) is 5.92 Å². The Morgan fingerprint density at radius 3 is 2.52 bits per heavy atom. The number of nitrogens with one attached hydrogen (secondary N) is 1. The van der Waals surface area contributed by atoms with Crippen LogP contribution in [0.1, 0.15) is 31.4 Å². The number of benzene rings is 2. The van der Waals surface area contributed by atoms with Gasteiger partial charge < -0.3 is 4.74 Å². The first-order valence-corrected chi connectivity index (χ1v) is 9.11. The number of carbonyl (C=O) groups excluding carboxylic acids is 2. The average Bonchev–Trinajstić information content (AvgIpc) is 2.92. The highest BCUT2D eigenvalue weighted by Crippen LogP contribution is 2.24. The Morgan fingerprint density at radius 2 is 1.85 bits per heavy atom. The summed E-state index contributed by atoms with van der Waals surface area (Å²) in [6.07, 6.45) is 2.61. The summed E-state index contributed by atoms with van der Waals surface area (Å²) < 4.78 is 5.81. The van der Waals surface area contributed by atoms with Crippen molar-refractivity contribution in [3.05, 3.63) is 65.2 Å². The molecule has 1 saturated heterocycles. The lowest BCUT2D eigenvalue weighted by Crippen LogP contribution is -2.35. The van der Waals surface area contributed by atoms with Crippen LogP contribution in [0.2, 0.25) is 0 Å². The number of carbonyl (C=O) groups is 2. The largest absolute Gasteiger partial charge is 0.493 e. The molecule has 0 aliphatic carbocycles. The highest BCUT2D eigenvalue weighted by Gasteiger charge is 2.34. The maximum Gasteiger partial charge on any atom is 0.282 e. The third-order valence-electron chi connectivity index (χ3n) is 4.37. The van der Waals surface area contributed by atoms with Gasteiger partial charge in [-0.05, 0) is 60.7 Å². The summed E-state index contributed by atoms with van der Waals surface area (Å²) in [4.78, 5) is 24.9. The Labute approximate surface area is 159 Å². The molecule has 2 amide bonds. The van der Waals surface area contributed by atoms with Crippen LogP contribution >= 0.6 is 0 Å². The topological polar surface area (TPSA) is 58.6 Å². The molecule has 5 nitrogen and oxygen atoms in total. The Hall–Kier alpha value is -3.08. The first-order chi connectivity index (χ1) is 13.0. The number of anilines is 1. The van der Waals surface area contributed by atoms with Crippen LogP contribution in [0.5, 0.6) is 5.75 Å². The standard InChI is InChI=1S/C22H24N2O3/c1-15(2)11-12-27-20-10-9-17(13-16(20)3)14-19-21(25)23-24(22(19)26)18-7-5-4-6-8-18/h4-10,13-15H,11-12H2,1-3H3,(H,23,25)/b19-14-. The number of hydrogen-bond donors (Lipinski definition) is 1. The van der Waals surface area contributed by atoms with Gasteiger partial charge in [0, 0.05) is 0 Å². The highest BCUT2D eigenvalue weighted by atomic mass is 16.5. The Morgan fingerprint density at radius 1 is 1.11 bits per heavy atom. The van der Waals surface area contributed by atoms with E-state index in [1.54, 1.807) is 18.2 Å². The van der Waals surface area contributed by atoms with Gasteiger partial charge in [0.1, 0.15) is 11.3 Å². The highest BCUT2D eigenvalue weighted by molar-refractivity contribution is 6.31. The molecule has 5 heteroatoms. The van der Waals surface area contributed by atoms with Gasteiger partial charge in [-0.15, -0.1) is 0 Å². The van der Waals surface area contributed by atoms with Crippen molar-refractivity contribution < 1.29 is 14.3 Å². The minimum atomic E-state index is -0.404. The lowest BCUT2D eigenvalue weighted by molar-refractivity contribution is -0.117. The number of aryl methyl sites for hydroxylation is 1. The van der Waals surface area contributed by atoms with E-state index in [1.165, 1.54) is 5.01 Å². The number of rotatable bonds is 6. The number of hydrogen-bond acceptors (Lipinski definition) is 3. The Kier molecular flexibility index (Phi) is 5.60. The Balaban J connectivity index is 1.77. The van der Waals surface area contributed by atoms with Crippen molar-refractivity contribution in [2.75, 3.05) is 11.6 Å². The van der Waals surface area contributed by atoms with Crippen molar-refractivity contribution >= 4 is 23.6 Å². The summed E-state index contributed by atoms with van der Waals surface area (Å²) in [5, 5.41) is 1.27. The van der Waals surface area contributed by atoms with Crippen LogP contribution in [0, 0.1) is 12.8 Å². The minimum absolute atomic E-state index is 0.117. The maximum absolute atomic E-state index is 12.6. The van der Waals surface area contributed by atoms with Crippen molar-refractivity contribution in [1.29, 1.82) is 0 Å². The summed E-state index contributed by atoms with van der Waals surface area (Å²) >= 11 is 0. The lowest BCUT2D eigenvalue weighted by Gasteiger charge is -2.13. The van der Waals surface area contributed by atoms with E-state index in [9.17, 15) is 9.59 Å². The molecule has 0 saturated carbocycles. The number of hydrazine groups is 1. The molecule has 27 heavy (non-hydrogen) atoms. The van der Waals surface area contributed by atoms with Crippen molar-refractivity contribution in [3.63, 3.8) is 0 Å². The molecule has 2 aromatic carbocycles. The first kappa shape index (κ1) is 18.7. The van der Waals surface area contributed by atoms with E-state index in [-0.39, 0.29) is 11.5 Å². The maximum atomic E-state index is 12.6. The van der Waals surface area contributed by atoms with Crippen LogP contribution in [0.4, 0.5) is 5.69 Å². The molecule has 3 rings (SSSR count). The molecule has 0 atom stereocenters. The molecular formula is C22H24N2O3. The van der Waals surface area contributed by atoms with Gasteiger partial charge >= 0.3 is 0 Å². The fourth-order valence-corrected chi connectivity index (χ4v) is 2.81. The molecule has 0 aromatic heterocycles. The number of para-hydroxylation sites is 1. The van der Waals surface area contributed by atoms with Crippen LogP contribution in [0.15, 0.2) is 54.1 Å². The van der Waals surface area contributed by atoms with Gasteiger partial charge in [-0.2, -0.15) is 0 Å². The van der Waals surface area contributed by atoms with E-state index in [1.807, 2.05) is 43.3 Å². The predicted octanol–water partition coefficient (Wildman–Crippen LogP) is 3.88. The van der Waals surface area contributed by atoms with Gasteiger partial charge in [0.2, 0.25) is 0 Å². The molecule has 1 heterocycles. The summed E-state index contributed by atoms with van der Waals surface area (Å²) in [6, 6.07) is 14.7. The van der Waals surface area contributed by atoms with E-state index in [0.717, 1.165) is 23.3 Å². The van der Waals surface area contributed by atoms with Crippen LogP contribution in [0.3, 0.4) is 0 Å². The monoisotopic (exact) mass is 364 g/mol. The smallest absolute Gasteiger partial charge is 0.282 e. The molecule has 1 N–H and O–H groups in total. The van der Waals surface area contributed by atoms with E-state index in [2.05, 4.69) is 19.3 Å². The zero-order valence-corrected chi connectivity index (χ0v) is 15.9. The third-order valence-corrected chi connectivity index (χ3v) is 4.37. The summed E-state index contributed by atoms with van der Waals surface area (Å²) in [5.41, 5.74) is 5.11. The van der Waals surface area contributed by atoms with Gasteiger partial charge in [-0.1, -0.05) is 38.1 Å². The van der Waals surface area contributed by atoms with E-state index < -0.39 is 5.91 Å². The predicted molar refractivity (Wildman–Crippen MR) is 106 cm³/mol. The lowest BCUT2D eigenvalue weighted by atomic mass is 10.1. The minimum Gasteiger partial charge on any atom is -0.493 e. The zero-order chi connectivity index (χ0) is 19.4. The number of ether oxygens (including phenoxy) is 1. The third kappa shape index (κ3) is 4.37. The van der Waals surface area contributed by atoms with E-state index in [4.69, 9.17) is 4.74 Å². The van der Waals surface area contributed by atoms with Gasteiger partial charge in [-0.25, -0.2) is 5.01 Å². The molecule has 1 fully saturated rings. The SMILES string of the molecule is Cc1cc(/C=C2/C(=O)NN(c3ccccc3)C2=O)ccc1OCCC(C)C. The second kappa shape index (κ2) is 8.08. The molecule has 1 aliphatic heterocycles. The molecule has 0 radical (unpaired) electrons. The summed E-state index contributed by atoms with van der Waals surface area (Å²) in [5.74, 6) is 0.652. The molecule has 1 aliphatic rings. The molecule has 0 bridgehead atoms. The number of amides is 2. The van der Waals surface area contributed by atoms with Gasteiger partial charge in [0.15, 0.2) is 0 Å². The molecule has 2 aromatic rings. The van der Waals surface area contributed by atoms with Crippen LogP contribution in [-0.2, 0) is 9.59 Å². The van der Waals surface area contributed by atoms with E-state index in [0.29, 0.717) is 18.2 Å². The van der Waals surface area contributed by atoms with Crippen LogP contribution in [0.25, 0.3) is 6.08 Å². The quantitative estimate of drug-likeness (QED) is 0.625. The van der Waals surface area contributed by atoms with Crippen molar-refractivity contribution in [1.82, 2.24) is 5.43 Å². The molecule has 0 spiro atoms. The average molecular weight is 364 g/mol. The second-order valence-electron chi connectivity index (χ2n) is 7.03. The van der Waals surface area contributed by atoms with Gasteiger partial charge in [-0.3, -0.25) is 15.0 Å². The fraction of sp³-hybridized carbons (Fsp3) is 0.273. The first-order valence-electron chi connectivity index (χ1n) is 9.11. The summed E-state index contributed by atoms with van der Waals surface area (Å²) in [6.45, 7) is 6.95. The molecule has 0 unspecified atom stereocenters. The van der Waals surface area contributed by atoms with Gasteiger partial charge in [0.25, 0.3) is 11.8 Å². The number of nitrogens with zero attached hydrogens (tertiary/aromatic N) is 1. The van der Waals surface area contributed by atoms with E-state index >= 15 is 0 Å². The van der Waals surface area contributed by atoms with Crippen molar-refractivity contribution in [2.45, 2.75) is 27.2 Å². The normalized spacial score (nSPS) is 15.6. The summed E-state index contributed by atoms with van der Waals surface area (Å²) in [7, 11) is 0. The molecular weight excluding hydrogens is 340 g/mol. The molecule has 140 valence electrons.